The van der Waals surface area contributed by atoms with E-state index in [9.17, 15) is 14.4 Å². The first kappa shape index (κ1) is 58.4. The molecule has 0 N–H and O–H groups in total. The van der Waals surface area contributed by atoms with Crippen LogP contribution in [0.1, 0.15) is 298 Å². The minimum atomic E-state index is -0.762. The molecule has 0 aliphatic rings. The molecule has 0 unspecified atom stereocenters. The lowest BCUT2D eigenvalue weighted by Gasteiger charge is -2.18. The van der Waals surface area contributed by atoms with Crippen molar-refractivity contribution < 1.29 is 28.6 Å². The second kappa shape index (κ2) is 46.9. The van der Waals surface area contributed by atoms with E-state index in [0.717, 1.165) is 69.6 Å². The highest BCUT2D eigenvalue weighted by atomic mass is 16.6. The zero-order valence-corrected chi connectivity index (χ0v) is 41.1. The molecular formula is C54H104O6. The van der Waals surface area contributed by atoms with Crippen molar-refractivity contribution >= 4 is 17.9 Å². The molecule has 1 atom stereocenters. The first-order valence-corrected chi connectivity index (χ1v) is 26.7. The van der Waals surface area contributed by atoms with Gasteiger partial charge in [0.15, 0.2) is 6.10 Å². The third-order valence-electron chi connectivity index (χ3n) is 12.2. The van der Waals surface area contributed by atoms with Gasteiger partial charge in [0.05, 0.1) is 0 Å². The molecule has 0 fully saturated rings. The lowest BCUT2D eigenvalue weighted by Crippen LogP contribution is -2.30. The Morgan fingerprint density at radius 1 is 0.317 bits per heavy atom. The Morgan fingerprint density at radius 2 is 0.550 bits per heavy atom. The average Bonchev–Trinajstić information content (AvgIpc) is 3.22. The molecule has 60 heavy (non-hydrogen) atoms. The molecule has 0 bridgehead atoms. The van der Waals surface area contributed by atoms with Crippen molar-refractivity contribution in [2.45, 2.75) is 304 Å². The van der Waals surface area contributed by atoms with Crippen LogP contribution in [0, 0.1) is 11.8 Å². The smallest absolute Gasteiger partial charge is 0.306 e. The van der Waals surface area contributed by atoms with E-state index in [1.54, 1.807) is 0 Å². The molecule has 6 heteroatoms. The summed E-state index contributed by atoms with van der Waals surface area (Å²) in [4.78, 5) is 37.9. The Hall–Kier alpha value is -1.59. The SMILES string of the molecule is CCCCCCCCCCCCCCCCCC(=O)OC[C@@H](COC(=O)CCCCCCCCCCCCCCCCCC(C)C)OC(=O)CCCCCCCCC(C)C. The summed E-state index contributed by atoms with van der Waals surface area (Å²) in [6, 6.07) is 0. The van der Waals surface area contributed by atoms with Gasteiger partial charge >= 0.3 is 17.9 Å². The zero-order valence-electron chi connectivity index (χ0n) is 41.1. The Labute approximate surface area is 374 Å². The van der Waals surface area contributed by atoms with Gasteiger partial charge in [0.1, 0.15) is 13.2 Å². The maximum absolute atomic E-state index is 12.7. The normalized spacial score (nSPS) is 12.1. The van der Waals surface area contributed by atoms with Crippen LogP contribution < -0.4 is 0 Å². The molecule has 0 amide bonds. The standard InChI is InChI=1S/C54H104O6/c1-6-7-8-9-10-11-12-13-15-19-22-25-28-34-39-44-52(55)58-47-51(60-54(57)46-41-36-31-30-33-38-43-50(4)5)48-59-53(56)45-40-35-29-26-23-20-17-14-16-18-21-24-27-32-37-42-49(2)3/h49-51H,6-48H2,1-5H3/t51-/m0/s1. The average molecular weight is 849 g/mol. The van der Waals surface area contributed by atoms with E-state index in [0.29, 0.717) is 19.3 Å². The van der Waals surface area contributed by atoms with Crippen molar-refractivity contribution in [1.29, 1.82) is 0 Å². The second-order valence-electron chi connectivity index (χ2n) is 19.5. The molecule has 0 heterocycles. The maximum Gasteiger partial charge on any atom is 0.306 e. The van der Waals surface area contributed by atoms with E-state index in [-0.39, 0.29) is 31.1 Å². The van der Waals surface area contributed by atoms with Crippen LogP contribution in [0.3, 0.4) is 0 Å². The largest absolute Gasteiger partial charge is 0.462 e. The molecule has 0 aliphatic carbocycles. The Morgan fingerprint density at radius 3 is 0.817 bits per heavy atom. The third-order valence-corrected chi connectivity index (χ3v) is 12.2. The van der Waals surface area contributed by atoms with Gasteiger partial charge in [0, 0.05) is 19.3 Å². The van der Waals surface area contributed by atoms with E-state index in [1.165, 1.54) is 186 Å². The molecular weight excluding hydrogens is 745 g/mol. The highest BCUT2D eigenvalue weighted by molar-refractivity contribution is 5.71. The Balaban J connectivity index is 4.21. The molecule has 0 radical (unpaired) electrons. The van der Waals surface area contributed by atoms with Gasteiger partial charge in [-0.15, -0.1) is 0 Å². The summed E-state index contributed by atoms with van der Waals surface area (Å²) in [5, 5.41) is 0. The van der Waals surface area contributed by atoms with Crippen LogP contribution in [-0.2, 0) is 28.6 Å². The van der Waals surface area contributed by atoms with Gasteiger partial charge in [-0.25, -0.2) is 0 Å². The van der Waals surface area contributed by atoms with Crippen molar-refractivity contribution in [3.8, 4) is 0 Å². The molecule has 0 saturated heterocycles. The molecule has 0 saturated carbocycles. The summed E-state index contributed by atoms with van der Waals surface area (Å²) in [6.45, 7) is 11.3. The topological polar surface area (TPSA) is 78.9 Å². The Bertz CT molecular complexity index is 916. The van der Waals surface area contributed by atoms with Crippen LogP contribution in [0.15, 0.2) is 0 Å². The summed E-state index contributed by atoms with van der Waals surface area (Å²) < 4.78 is 16.8. The summed E-state index contributed by atoms with van der Waals surface area (Å²) in [6.07, 6.45) is 48.2. The van der Waals surface area contributed by atoms with Crippen molar-refractivity contribution in [2.24, 2.45) is 11.8 Å². The zero-order chi connectivity index (χ0) is 44.0. The second-order valence-corrected chi connectivity index (χ2v) is 19.5. The number of carbonyl (C=O) groups excluding carboxylic acids is 3. The lowest BCUT2D eigenvalue weighted by molar-refractivity contribution is -0.167. The number of carbonyl (C=O) groups is 3. The predicted molar refractivity (Wildman–Crippen MR) is 256 cm³/mol. The van der Waals surface area contributed by atoms with Crippen LogP contribution in [0.5, 0.6) is 0 Å². The number of esters is 3. The predicted octanol–water partition coefficient (Wildman–Crippen LogP) is 17.3. The van der Waals surface area contributed by atoms with Gasteiger partial charge in [-0.1, -0.05) is 259 Å². The number of rotatable bonds is 48. The fraction of sp³-hybridized carbons (Fsp3) is 0.944. The van der Waals surface area contributed by atoms with E-state index in [4.69, 9.17) is 14.2 Å². The molecule has 0 aromatic rings. The molecule has 0 rings (SSSR count). The van der Waals surface area contributed by atoms with E-state index < -0.39 is 6.10 Å². The van der Waals surface area contributed by atoms with Gasteiger partial charge < -0.3 is 14.2 Å². The monoisotopic (exact) mass is 849 g/mol. The Kier molecular flexibility index (Phi) is 45.7. The summed E-state index contributed by atoms with van der Waals surface area (Å²) in [5.74, 6) is 0.757. The molecule has 0 aromatic carbocycles. The minimum Gasteiger partial charge on any atom is -0.462 e. The van der Waals surface area contributed by atoms with Crippen LogP contribution >= 0.6 is 0 Å². The third kappa shape index (κ3) is 47.5. The number of hydrogen-bond acceptors (Lipinski definition) is 6. The number of unbranched alkanes of at least 4 members (excludes halogenated alkanes) is 33. The van der Waals surface area contributed by atoms with Gasteiger partial charge in [-0.3, -0.25) is 14.4 Å². The van der Waals surface area contributed by atoms with Crippen LogP contribution in [0.4, 0.5) is 0 Å². The number of hydrogen-bond donors (Lipinski definition) is 0. The van der Waals surface area contributed by atoms with E-state index >= 15 is 0 Å². The molecule has 0 aromatic heterocycles. The number of ether oxygens (including phenoxy) is 3. The van der Waals surface area contributed by atoms with Gasteiger partial charge in [0.2, 0.25) is 0 Å². The summed E-state index contributed by atoms with van der Waals surface area (Å²) >= 11 is 0. The van der Waals surface area contributed by atoms with Crippen molar-refractivity contribution in [1.82, 2.24) is 0 Å². The van der Waals surface area contributed by atoms with E-state index in [1.807, 2.05) is 0 Å². The first-order valence-electron chi connectivity index (χ1n) is 26.7. The van der Waals surface area contributed by atoms with Crippen LogP contribution in [0.25, 0.3) is 0 Å². The minimum absolute atomic E-state index is 0.0645. The fourth-order valence-electron chi connectivity index (χ4n) is 8.17. The summed E-state index contributed by atoms with van der Waals surface area (Å²) in [7, 11) is 0. The van der Waals surface area contributed by atoms with Crippen molar-refractivity contribution in [3.05, 3.63) is 0 Å². The fourth-order valence-corrected chi connectivity index (χ4v) is 8.17. The van der Waals surface area contributed by atoms with Gasteiger partial charge in [0.25, 0.3) is 0 Å². The molecule has 0 spiro atoms. The van der Waals surface area contributed by atoms with Crippen LogP contribution in [0.2, 0.25) is 0 Å². The van der Waals surface area contributed by atoms with Crippen LogP contribution in [-0.4, -0.2) is 37.2 Å². The van der Waals surface area contributed by atoms with Gasteiger partial charge in [-0.05, 0) is 31.1 Å². The molecule has 6 nitrogen and oxygen atoms in total. The van der Waals surface area contributed by atoms with Gasteiger partial charge in [-0.2, -0.15) is 0 Å². The highest BCUT2D eigenvalue weighted by Crippen LogP contribution is 2.18. The molecule has 356 valence electrons. The highest BCUT2D eigenvalue weighted by Gasteiger charge is 2.19. The lowest BCUT2D eigenvalue weighted by atomic mass is 10.0. The maximum atomic E-state index is 12.7. The van der Waals surface area contributed by atoms with Crippen molar-refractivity contribution in [3.63, 3.8) is 0 Å². The molecule has 0 aliphatic heterocycles. The quantitative estimate of drug-likeness (QED) is 0.0345. The summed E-state index contributed by atoms with van der Waals surface area (Å²) in [5.41, 5.74) is 0. The van der Waals surface area contributed by atoms with Crippen molar-refractivity contribution in [2.75, 3.05) is 13.2 Å². The van der Waals surface area contributed by atoms with E-state index in [2.05, 4.69) is 34.6 Å². The first-order chi connectivity index (χ1) is 29.2.